The largest absolute Gasteiger partial charge is 0.216 e. The Morgan fingerprint density at radius 1 is 1.00 bits per heavy atom. The topological polar surface area (TPSA) is 3.88 Å². The molecule has 4 unspecified atom stereocenters. The van der Waals surface area contributed by atoms with Crippen LogP contribution in [0.5, 0.6) is 0 Å². The summed E-state index contributed by atoms with van der Waals surface area (Å²) >= 11 is 0. The molecule has 0 saturated heterocycles. The molecule has 2 aromatic rings. The van der Waals surface area contributed by atoms with Crippen molar-refractivity contribution in [3.63, 3.8) is 0 Å². The number of rotatable bonds is 2. The van der Waals surface area contributed by atoms with E-state index in [9.17, 15) is 0 Å². The Balaban J connectivity index is 1.75. The molecule has 0 spiro atoms. The maximum Gasteiger partial charge on any atom is 0.216 e. The van der Waals surface area contributed by atoms with Crippen LogP contribution < -0.4 is 4.57 Å². The number of fused-ring (bicyclic) bond motifs is 5. The molecular weight excluding hydrogens is 350 g/mol. The monoisotopic (exact) mass is 380 g/mol. The van der Waals surface area contributed by atoms with Gasteiger partial charge in [-0.05, 0) is 48.4 Å². The van der Waals surface area contributed by atoms with Crippen LogP contribution >= 0.6 is 0 Å². The van der Waals surface area contributed by atoms with E-state index in [1.54, 1.807) is 0 Å². The molecule has 0 N–H and O–H groups in total. The fraction of sp³-hybridized carbons (Fsp3) is 0.321. The first kappa shape index (κ1) is 18.4. The summed E-state index contributed by atoms with van der Waals surface area (Å²) in [5, 5.41) is 2.75. The lowest BCUT2D eigenvalue weighted by Crippen LogP contribution is -2.35. The van der Waals surface area contributed by atoms with Crippen molar-refractivity contribution in [3.05, 3.63) is 89.3 Å². The number of benzene rings is 1. The summed E-state index contributed by atoms with van der Waals surface area (Å²) in [6, 6.07) is 7.06. The molecule has 1 aromatic carbocycles. The van der Waals surface area contributed by atoms with Gasteiger partial charge in [0, 0.05) is 28.9 Å². The van der Waals surface area contributed by atoms with Crippen LogP contribution in [-0.2, 0) is 7.05 Å². The predicted octanol–water partition coefficient (Wildman–Crippen LogP) is 6.52. The number of pyridine rings is 1. The molecule has 1 heterocycles. The summed E-state index contributed by atoms with van der Waals surface area (Å²) in [6.07, 6.45) is 22.0. The molecule has 4 atom stereocenters. The molecule has 146 valence electrons. The molecule has 0 amide bonds. The van der Waals surface area contributed by atoms with Crippen LogP contribution in [0.1, 0.15) is 49.9 Å². The highest BCUT2D eigenvalue weighted by Gasteiger charge is 2.31. The SMILES string of the molecule is CCC1C(c2c3ccc4c(c3cc[n+]2C)C=CC2C=CC=CC42)=CC(C)=CC1C. The van der Waals surface area contributed by atoms with Crippen molar-refractivity contribution >= 4 is 22.4 Å². The molecule has 3 aliphatic rings. The van der Waals surface area contributed by atoms with E-state index >= 15 is 0 Å². The lowest BCUT2D eigenvalue weighted by Gasteiger charge is -2.29. The van der Waals surface area contributed by atoms with Gasteiger partial charge in [-0.1, -0.05) is 68.0 Å². The van der Waals surface area contributed by atoms with E-state index in [1.807, 2.05) is 0 Å². The summed E-state index contributed by atoms with van der Waals surface area (Å²) < 4.78 is 2.33. The average molecular weight is 381 g/mol. The number of aromatic nitrogens is 1. The summed E-state index contributed by atoms with van der Waals surface area (Å²) in [7, 11) is 2.20. The molecule has 0 bridgehead atoms. The van der Waals surface area contributed by atoms with E-state index < -0.39 is 0 Å². The van der Waals surface area contributed by atoms with E-state index in [0.29, 0.717) is 23.7 Å². The molecule has 0 fully saturated rings. The summed E-state index contributed by atoms with van der Waals surface area (Å²) in [5.41, 5.74) is 7.11. The first-order valence-corrected chi connectivity index (χ1v) is 11.0. The minimum atomic E-state index is 0.462. The zero-order valence-electron chi connectivity index (χ0n) is 17.9. The Labute approximate surface area is 174 Å². The van der Waals surface area contributed by atoms with Crippen LogP contribution in [-0.4, -0.2) is 0 Å². The molecule has 0 aliphatic heterocycles. The van der Waals surface area contributed by atoms with Crippen molar-refractivity contribution in [2.45, 2.75) is 33.1 Å². The second-order valence-corrected chi connectivity index (χ2v) is 8.92. The molecular formula is C28H30N+. The van der Waals surface area contributed by atoms with Crippen LogP contribution in [0.25, 0.3) is 22.4 Å². The zero-order chi connectivity index (χ0) is 20.1. The van der Waals surface area contributed by atoms with Gasteiger partial charge in [-0.3, -0.25) is 0 Å². The standard InChI is InChI=1S/C28H30N/c1-5-21-19(3)16-18(2)17-27(21)28-26-13-12-23-22-9-7-6-8-20(22)10-11-24(23)25(26)14-15-29(28)4/h6-17,19-22H,5H2,1-4H3/q+1. The van der Waals surface area contributed by atoms with Gasteiger partial charge in [0.25, 0.3) is 0 Å². The van der Waals surface area contributed by atoms with Gasteiger partial charge in [0.2, 0.25) is 5.69 Å². The summed E-state index contributed by atoms with van der Waals surface area (Å²) in [6.45, 7) is 6.92. The maximum atomic E-state index is 2.43. The molecule has 0 radical (unpaired) electrons. The molecule has 3 aliphatic carbocycles. The van der Waals surface area contributed by atoms with E-state index in [4.69, 9.17) is 0 Å². The average Bonchev–Trinajstić information content (AvgIpc) is 2.72. The third-order valence-electron chi connectivity index (χ3n) is 7.07. The molecule has 1 aromatic heterocycles. The predicted molar refractivity (Wildman–Crippen MR) is 123 cm³/mol. The Morgan fingerprint density at radius 3 is 2.66 bits per heavy atom. The Hall–Kier alpha value is -2.67. The number of allylic oxidation sites excluding steroid dienone is 9. The minimum Gasteiger partial charge on any atom is -0.201 e. The molecule has 1 heteroatoms. The van der Waals surface area contributed by atoms with Gasteiger partial charge in [-0.25, -0.2) is 4.57 Å². The van der Waals surface area contributed by atoms with Crippen LogP contribution in [0.4, 0.5) is 0 Å². The molecule has 5 rings (SSSR count). The molecule has 1 nitrogen and oxygen atoms in total. The third-order valence-corrected chi connectivity index (χ3v) is 7.07. The van der Waals surface area contributed by atoms with Crippen LogP contribution in [0.15, 0.2) is 72.5 Å². The highest BCUT2D eigenvalue weighted by molar-refractivity contribution is 5.98. The van der Waals surface area contributed by atoms with Crippen molar-refractivity contribution < 1.29 is 4.57 Å². The van der Waals surface area contributed by atoms with Crippen molar-refractivity contribution in [2.75, 3.05) is 0 Å². The lowest BCUT2D eigenvalue weighted by atomic mass is 9.74. The lowest BCUT2D eigenvalue weighted by molar-refractivity contribution is -0.672. The Morgan fingerprint density at radius 2 is 1.83 bits per heavy atom. The molecule has 0 saturated carbocycles. The van der Waals surface area contributed by atoms with Gasteiger partial charge in [0.15, 0.2) is 6.20 Å². The van der Waals surface area contributed by atoms with Gasteiger partial charge in [0.1, 0.15) is 7.05 Å². The van der Waals surface area contributed by atoms with Crippen LogP contribution in [0, 0.1) is 17.8 Å². The number of hydrogen-bond donors (Lipinski definition) is 0. The highest BCUT2D eigenvalue weighted by atomic mass is 14.9. The smallest absolute Gasteiger partial charge is 0.201 e. The number of aryl methyl sites for hydroxylation is 1. The van der Waals surface area contributed by atoms with Crippen molar-refractivity contribution in [1.29, 1.82) is 0 Å². The van der Waals surface area contributed by atoms with Gasteiger partial charge in [-0.15, -0.1) is 0 Å². The third kappa shape index (κ3) is 2.87. The van der Waals surface area contributed by atoms with Crippen molar-refractivity contribution in [3.8, 4) is 0 Å². The van der Waals surface area contributed by atoms with Gasteiger partial charge in [0.05, 0.1) is 5.39 Å². The van der Waals surface area contributed by atoms with E-state index in [-0.39, 0.29) is 0 Å². The first-order chi connectivity index (χ1) is 14.1. The Kier molecular flexibility index (Phi) is 4.42. The number of nitrogens with zero attached hydrogens (tertiary/aromatic N) is 1. The first-order valence-electron chi connectivity index (χ1n) is 11.0. The quantitative estimate of drug-likeness (QED) is 0.522. The second kappa shape index (κ2) is 6.99. The van der Waals surface area contributed by atoms with E-state index in [2.05, 4.69) is 105 Å². The van der Waals surface area contributed by atoms with E-state index in [0.717, 1.165) is 0 Å². The van der Waals surface area contributed by atoms with E-state index in [1.165, 1.54) is 45.2 Å². The van der Waals surface area contributed by atoms with Gasteiger partial charge in [-0.2, -0.15) is 0 Å². The summed E-state index contributed by atoms with van der Waals surface area (Å²) in [4.78, 5) is 0. The minimum absolute atomic E-state index is 0.462. The summed E-state index contributed by atoms with van der Waals surface area (Å²) in [5.74, 6) is 2.10. The Bertz CT molecular complexity index is 1140. The normalized spacial score (nSPS) is 27.4. The van der Waals surface area contributed by atoms with Crippen molar-refractivity contribution in [2.24, 2.45) is 24.8 Å². The fourth-order valence-corrected chi connectivity index (χ4v) is 5.70. The fourth-order valence-electron chi connectivity index (χ4n) is 5.70. The van der Waals surface area contributed by atoms with Gasteiger partial charge < -0.3 is 0 Å². The highest BCUT2D eigenvalue weighted by Crippen LogP contribution is 2.43. The maximum absolute atomic E-state index is 2.43. The van der Waals surface area contributed by atoms with Crippen molar-refractivity contribution in [1.82, 2.24) is 0 Å². The second-order valence-electron chi connectivity index (χ2n) is 8.92. The molecule has 29 heavy (non-hydrogen) atoms. The number of hydrogen-bond acceptors (Lipinski definition) is 0. The van der Waals surface area contributed by atoms with Crippen LogP contribution in [0.2, 0.25) is 0 Å². The zero-order valence-corrected chi connectivity index (χ0v) is 17.9. The van der Waals surface area contributed by atoms with Crippen LogP contribution in [0.3, 0.4) is 0 Å². The van der Waals surface area contributed by atoms with Gasteiger partial charge >= 0.3 is 0 Å².